The lowest BCUT2D eigenvalue weighted by Gasteiger charge is -2.26. The summed E-state index contributed by atoms with van der Waals surface area (Å²) >= 11 is 0. The number of aromatic amines is 1. The molecule has 2 aliphatic heterocycles. The summed E-state index contributed by atoms with van der Waals surface area (Å²) in [6.07, 6.45) is 7.06. The third-order valence-corrected chi connectivity index (χ3v) is 6.78. The molecule has 176 valence electrons. The minimum Gasteiger partial charge on any atom is -0.378 e. The lowest BCUT2D eigenvalue weighted by atomic mass is 10.0. The van der Waals surface area contributed by atoms with Crippen molar-refractivity contribution in [3.05, 3.63) is 76.7 Å². The topological polar surface area (TPSA) is 87.3 Å². The molecule has 1 saturated heterocycles. The van der Waals surface area contributed by atoms with Crippen molar-refractivity contribution in [1.29, 1.82) is 0 Å². The molecule has 2 aromatic carbocycles. The quantitative estimate of drug-likeness (QED) is 0.481. The van der Waals surface area contributed by atoms with Gasteiger partial charge in [0.15, 0.2) is 0 Å². The van der Waals surface area contributed by atoms with E-state index in [1.54, 1.807) is 0 Å². The molecule has 7 nitrogen and oxygen atoms in total. The molecule has 4 heterocycles. The van der Waals surface area contributed by atoms with E-state index in [0.717, 1.165) is 56.2 Å². The molecule has 2 aliphatic rings. The summed E-state index contributed by atoms with van der Waals surface area (Å²) in [4.78, 5) is 35.0. The van der Waals surface area contributed by atoms with Gasteiger partial charge in [-0.25, -0.2) is 0 Å². The molecule has 1 fully saturated rings. The number of aromatic nitrogens is 2. The molecular formula is C28H26N4O3. The van der Waals surface area contributed by atoms with E-state index in [1.807, 2.05) is 59.6 Å². The van der Waals surface area contributed by atoms with Gasteiger partial charge in [-0.05, 0) is 23.3 Å². The zero-order valence-corrected chi connectivity index (χ0v) is 19.3. The molecule has 7 heteroatoms. The molecule has 35 heavy (non-hydrogen) atoms. The van der Waals surface area contributed by atoms with Crippen molar-refractivity contribution >= 4 is 45.6 Å². The highest BCUT2D eigenvalue weighted by Gasteiger charge is 2.23. The van der Waals surface area contributed by atoms with Crippen molar-refractivity contribution in [1.82, 2.24) is 20.2 Å². The SMILES string of the molecule is O=C1NCCc2[nH]c3c(ccc4cnc(C=Cc5cccc(CC(=O)N6CCOCC6)c5)cc43)c21. The number of fused-ring (bicyclic) bond motifs is 5. The maximum atomic E-state index is 12.6. The lowest BCUT2D eigenvalue weighted by Crippen LogP contribution is -2.41. The van der Waals surface area contributed by atoms with Gasteiger partial charge in [0, 0.05) is 54.1 Å². The smallest absolute Gasteiger partial charge is 0.253 e. The Kier molecular flexibility index (Phi) is 5.54. The summed E-state index contributed by atoms with van der Waals surface area (Å²) in [5, 5.41) is 5.96. The first-order chi connectivity index (χ1) is 17.2. The number of rotatable bonds is 4. The van der Waals surface area contributed by atoms with E-state index >= 15 is 0 Å². The van der Waals surface area contributed by atoms with Gasteiger partial charge >= 0.3 is 0 Å². The Bertz CT molecular complexity index is 1480. The molecule has 0 spiro atoms. The molecule has 0 atom stereocenters. The van der Waals surface area contributed by atoms with Crippen molar-refractivity contribution in [3.8, 4) is 0 Å². The van der Waals surface area contributed by atoms with Crippen LogP contribution in [0, 0.1) is 0 Å². The van der Waals surface area contributed by atoms with Gasteiger partial charge in [-0.2, -0.15) is 0 Å². The van der Waals surface area contributed by atoms with Crippen molar-refractivity contribution in [2.24, 2.45) is 0 Å². The van der Waals surface area contributed by atoms with Crippen LogP contribution in [0.15, 0.2) is 48.7 Å². The van der Waals surface area contributed by atoms with Crippen LogP contribution in [0.25, 0.3) is 33.8 Å². The maximum Gasteiger partial charge on any atom is 0.253 e. The summed E-state index contributed by atoms with van der Waals surface area (Å²) in [5.74, 6) is 0.120. The number of hydrogen-bond donors (Lipinski definition) is 2. The molecule has 2 amide bonds. The molecule has 0 unspecified atom stereocenters. The number of benzene rings is 2. The van der Waals surface area contributed by atoms with Crippen LogP contribution in [0.4, 0.5) is 0 Å². The molecule has 0 bridgehead atoms. The Hall–Kier alpha value is -3.97. The molecule has 6 rings (SSSR count). The average Bonchev–Trinajstić information content (AvgIpc) is 3.29. The summed E-state index contributed by atoms with van der Waals surface area (Å²) in [6.45, 7) is 3.20. The Morgan fingerprint density at radius 1 is 1.09 bits per heavy atom. The number of pyridine rings is 1. The van der Waals surface area contributed by atoms with Crippen LogP contribution in [0.1, 0.15) is 32.9 Å². The maximum absolute atomic E-state index is 12.6. The third-order valence-electron chi connectivity index (χ3n) is 6.78. The van der Waals surface area contributed by atoms with Crippen molar-refractivity contribution in [3.63, 3.8) is 0 Å². The van der Waals surface area contributed by atoms with E-state index in [2.05, 4.69) is 21.4 Å². The number of nitrogens with zero attached hydrogens (tertiary/aromatic N) is 2. The first-order valence-corrected chi connectivity index (χ1v) is 12.0. The highest BCUT2D eigenvalue weighted by Crippen LogP contribution is 2.31. The van der Waals surface area contributed by atoms with Gasteiger partial charge in [-0.15, -0.1) is 0 Å². The Morgan fingerprint density at radius 2 is 1.97 bits per heavy atom. The molecular weight excluding hydrogens is 440 g/mol. The van der Waals surface area contributed by atoms with Crippen molar-refractivity contribution < 1.29 is 14.3 Å². The van der Waals surface area contributed by atoms with Gasteiger partial charge in [0.1, 0.15) is 0 Å². The number of hydrogen-bond acceptors (Lipinski definition) is 4. The van der Waals surface area contributed by atoms with E-state index in [1.165, 1.54) is 0 Å². The van der Waals surface area contributed by atoms with Crippen LogP contribution in [0.2, 0.25) is 0 Å². The normalized spacial score (nSPS) is 16.1. The number of carbonyl (C=O) groups is 2. The predicted molar refractivity (Wildman–Crippen MR) is 136 cm³/mol. The molecule has 4 aromatic rings. The first kappa shape index (κ1) is 21.6. The molecule has 2 N–H and O–H groups in total. The average molecular weight is 467 g/mol. The second-order valence-electron chi connectivity index (χ2n) is 9.05. The highest BCUT2D eigenvalue weighted by atomic mass is 16.5. The summed E-state index contributed by atoms with van der Waals surface area (Å²) < 4.78 is 5.34. The van der Waals surface area contributed by atoms with Crippen LogP contribution in [0.3, 0.4) is 0 Å². The van der Waals surface area contributed by atoms with E-state index < -0.39 is 0 Å². The fraction of sp³-hybridized carbons (Fsp3) is 0.250. The lowest BCUT2D eigenvalue weighted by molar-refractivity contribution is -0.134. The summed E-state index contributed by atoms with van der Waals surface area (Å²) in [7, 11) is 0. The van der Waals surface area contributed by atoms with E-state index in [0.29, 0.717) is 39.3 Å². The van der Waals surface area contributed by atoms with Gasteiger partial charge in [0.05, 0.1) is 36.4 Å². The third kappa shape index (κ3) is 4.19. The minimum absolute atomic E-state index is 0.0157. The predicted octanol–water partition coefficient (Wildman–Crippen LogP) is 3.57. The van der Waals surface area contributed by atoms with Gasteiger partial charge in [0.25, 0.3) is 5.91 Å². The second kappa shape index (κ2) is 9.00. The first-order valence-electron chi connectivity index (χ1n) is 12.0. The summed E-state index contributed by atoms with van der Waals surface area (Å²) in [6, 6.07) is 14.1. The van der Waals surface area contributed by atoms with Crippen LogP contribution in [-0.4, -0.2) is 59.5 Å². The van der Waals surface area contributed by atoms with Crippen molar-refractivity contribution in [2.75, 3.05) is 32.8 Å². The van der Waals surface area contributed by atoms with Crippen LogP contribution < -0.4 is 5.32 Å². The van der Waals surface area contributed by atoms with Gasteiger partial charge < -0.3 is 19.9 Å². The molecule has 0 radical (unpaired) electrons. The highest BCUT2D eigenvalue weighted by molar-refractivity contribution is 6.15. The fourth-order valence-electron chi connectivity index (χ4n) is 4.97. The standard InChI is InChI=1S/C28H26N4O3/c33-25(32-10-12-35-13-11-32)15-19-3-1-2-18(14-19)4-6-21-16-23-20(17-30-21)5-7-22-26-24(31-27(22)23)8-9-29-28(26)34/h1-7,14,16-17,31H,8-13,15H2,(H,29,34). The number of amides is 2. The summed E-state index contributed by atoms with van der Waals surface area (Å²) in [5.41, 5.74) is 5.57. The number of morpholine rings is 1. The molecule has 0 saturated carbocycles. The van der Waals surface area contributed by atoms with Crippen LogP contribution in [-0.2, 0) is 22.4 Å². The number of ether oxygens (including phenoxy) is 1. The zero-order valence-electron chi connectivity index (χ0n) is 19.3. The van der Waals surface area contributed by atoms with Gasteiger partial charge in [-0.3, -0.25) is 14.6 Å². The Balaban J connectivity index is 1.26. The zero-order chi connectivity index (χ0) is 23.8. The monoisotopic (exact) mass is 466 g/mol. The van der Waals surface area contributed by atoms with Crippen LogP contribution in [0.5, 0.6) is 0 Å². The Morgan fingerprint density at radius 3 is 2.86 bits per heavy atom. The van der Waals surface area contributed by atoms with E-state index in [9.17, 15) is 9.59 Å². The fourth-order valence-corrected chi connectivity index (χ4v) is 4.97. The van der Waals surface area contributed by atoms with Crippen molar-refractivity contribution in [2.45, 2.75) is 12.8 Å². The largest absolute Gasteiger partial charge is 0.378 e. The van der Waals surface area contributed by atoms with Gasteiger partial charge in [-0.1, -0.05) is 42.5 Å². The minimum atomic E-state index is -0.0157. The molecule has 2 aromatic heterocycles. The second-order valence-corrected chi connectivity index (χ2v) is 9.05. The number of carbonyl (C=O) groups excluding carboxylic acids is 2. The number of nitrogens with one attached hydrogen (secondary N) is 2. The van der Waals surface area contributed by atoms with E-state index in [4.69, 9.17) is 4.74 Å². The van der Waals surface area contributed by atoms with Gasteiger partial charge in [0.2, 0.25) is 5.91 Å². The number of H-pyrrole nitrogens is 1. The van der Waals surface area contributed by atoms with Crippen LogP contribution >= 0.6 is 0 Å². The van der Waals surface area contributed by atoms with E-state index in [-0.39, 0.29) is 11.8 Å². The molecule has 0 aliphatic carbocycles. The Labute approximate surface area is 202 Å².